The summed E-state index contributed by atoms with van der Waals surface area (Å²) < 4.78 is 17.3. The molecule has 0 amide bonds. The molecule has 2 aromatic heterocycles. The van der Waals surface area contributed by atoms with E-state index in [1.165, 1.54) is 29.0 Å². The lowest BCUT2D eigenvalue weighted by atomic mass is 10.2. The Morgan fingerprint density at radius 1 is 1.23 bits per heavy atom. The molecule has 0 fully saturated rings. The maximum absolute atomic E-state index is 14.1. The number of halogens is 1. The summed E-state index contributed by atoms with van der Waals surface area (Å²) in [5, 5.41) is 11.4. The van der Waals surface area contributed by atoms with E-state index in [4.69, 9.17) is 0 Å². The van der Waals surface area contributed by atoms with Crippen LogP contribution < -0.4 is 5.32 Å². The lowest BCUT2D eigenvalue weighted by Gasteiger charge is -2.07. The van der Waals surface area contributed by atoms with Crippen LogP contribution in [0, 0.1) is 5.82 Å². The van der Waals surface area contributed by atoms with Gasteiger partial charge >= 0.3 is 0 Å². The third-order valence-corrected chi connectivity index (χ3v) is 3.36. The van der Waals surface area contributed by atoms with Crippen molar-refractivity contribution in [3.8, 4) is 5.69 Å². The van der Waals surface area contributed by atoms with Gasteiger partial charge in [-0.2, -0.15) is 10.2 Å². The molecule has 0 saturated carbocycles. The maximum Gasteiger partial charge on any atom is 0.149 e. The van der Waals surface area contributed by atoms with Crippen molar-refractivity contribution < 1.29 is 4.39 Å². The fourth-order valence-corrected chi connectivity index (χ4v) is 2.25. The van der Waals surface area contributed by atoms with Gasteiger partial charge in [-0.15, -0.1) is 0 Å². The number of hydrogen-bond acceptors (Lipinski definition) is 4. The van der Waals surface area contributed by atoms with E-state index < -0.39 is 0 Å². The van der Waals surface area contributed by atoms with Crippen LogP contribution in [0.3, 0.4) is 0 Å². The van der Waals surface area contributed by atoms with Crippen LogP contribution in [0.25, 0.3) is 5.69 Å². The Labute approximate surface area is 127 Å². The quantitative estimate of drug-likeness (QED) is 0.700. The van der Waals surface area contributed by atoms with Gasteiger partial charge in [0.25, 0.3) is 0 Å². The summed E-state index contributed by atoms with van der Waals surface area (Å²) in [4.78, 5) is 3.82. The van der Waals surface area contributed by atoms with Crippen molar-refractivity contribution in [3.05, 3.63) is 60.2 Å². The zero-order chi connectivity index (χ0) is 15.4. The van der Waals surface area contributed by atoms with E-state index in [1.807, 2.05) is 25.5 Å². The average Bonchev–Trinajstić information content (AvgIpc) is 3.15. The fraction of sp³-hybridized carbons (Fsp3) is 0.267. The van der Waals surface area contributed by atoms with E-state index >= 15 is 0 Å². The molecule has 1 aromatic carbocycles. The Bertz CT molecular complexity index is 734. The van der Waals surface area contributed by atoms with Gasteiger partial charge in [-0.05, 0) is 36.2 Å². The topological polar surface area (TPSA) is 60.6 Å². The van der Waals surface area contributed by atoms with Gasteiger partial charge in [-0.1, -0.05) is 6.07 Å². The van der Waals surface area contributed by atoms with Crippen molar-refractivity contribution in [3.63, 3.8) is 0 Å². The molecule has 22 heavy (non-hydrogen) atoms. The van der Waals surface area contributed by atoms with Crippen molar-refractivity contribution >= 4 is 0 Å². The van der Waals surface area contributed by atoms with Crippen molar-refractivity contribution in [2.45, 2.75) is 13.0 Å². The van der Waals surface area contributed by atoms with Crippen LogP contribution in [0.2, 0.25) is 0 Å². The number of aromatic nitrogens is 5. The minimum Gasteiger partial charge on any atom is -0.312 e. The van der Waals surface area contributed by atoms with Gasteiger partial charge in [0.05, 0.1) is 6.20 Å². The first-order valence-corrected chi connectivity index (χ1v) is 7.04. The average molecular weight is 300 g/mol. The van der Waals surface area contributed by atoms with Crippen LogP contribution in [0.1, 0.15) is 11.1 Å². The van der Waals surface area contributed by atoms with Crippen molar-refractivity contribution in [2.24, 2.45) is 7.05 Å². The van der Waals surface area contributed by atoms with E-state index in [1.54, 1.807) is 10.7 Å². The van der Waals surface area contributed by atoms with Gasteiger partial charge in [-0.25, -0.2) is 14.1 Å². The highest BCUT2D eigenvalue weighted by Gasteiger charge is 2.06. The molecule has 0 saturated heterocycles. The summed E-state index contributed by atoms with van der Waals surface area (Å²) >= 11 is 0. The molecule has 0 radical (unpaired) electrons. The smallest absolute Gasteiger partial charge is 0.149 e. The van der Waals surface area contributed by atoms with E-state index in [2.05, 4.69) is 20.5 Å². The monoisotopic (exact) mass is 300 g/mol. The second-order valence-corrected chi connectivity index (χ2v) is 5.07. The maximum atomic E-state index is 14.1. The summed E-state index contributed by atoms with van der Waals surface area (Å²) in [6.45, 7) is 1.44. The lowest BCUT2D eigenvalue weighted by Crippen LogP contribution is -2.16. The standard InChI is InChI=1S/C15H17FN6/c1-21-9-13(8-19-21)4-5-17-7-12-2-3-15(14(16)6-12)22-11-18-10-20-22/h2-3,6,8-11,17H,4-5,7H2,1H3. The lowest BCUT2D eigenvalue weighted by molar-refractivity contribution is 0.604. The molecule has 0 spiro atoms. The Morgan fingerprint density at radius 2 is 2.14 bits per heavy atom. The van der Waals surface area contributed by atoms with Crippen LogP contribution in [-0.2, 0) is 20.0 Å². The Hall–Kier alpha value is -2.54. The molecule has 0 aliphatic carbocycles. The highest BCUT2D eigenvalue weighted by atomic mass is 19.1. The van der Waals surface area contributed by atoms with E-state index in [-0.39, 0.29) is 5.82 Å². The van der Waals surface area contributed by atoms with Crippen LogP contribution in [0.5, 0.6) is 0 Å². The first-order valence-electron chi connectivity index (χ1n) is 7.04. The molecular formula is C15H17FN6. The van der Waals surface area contributed by atoms with E-state index in [9.17, 15) is 4.39 Å². The molecule has 3 rings (SSSR count). The number of nitrogens with zero attached hydrogens (tertiary/aromatic N) is 5. The molecule has 2 heterocycles. The third kappa shape index (κ3) is 3.37. The zero-order valence-electron chi connectivity index (χ0n) is 12.3. The molecule has 0 bridgehead atoms. The molecule has 7 heteroatoms. The van der Waals surface area contributed by atoms with Gasteiger partial charge < -0.3 is 5.32 Å². The molecule has 6 nitrogen and oxygen atoms in total. The van der Waals surface area contributed by atoms with Crippen LogP contribution in [-0.4, -0.2) is 31.1 Å². The molecule has 0 aliphatic heterocycles. The first kappa shape index (κ1) is 14.4. The number of rotatable bonds is 6. The summed E-state index contributed by atoms with van der Waals surface area (Å²) in [6.07, 6.45) is 7.60. The van der Waals surface area contributed by atoms with E-state index in [0.717, 1.165) is 18.5 Å². The summed E-state index contributed by atoms with van der Waals surface area (Å²) in [5.41, 5.74) is 2.48. The van der Waals surface area contributed by atoms with Gasteiger partial charge in [0.15, 0.2) is 0 Å². The highest BCUT2D eigenvalue weighted by molar-refractivity contribution is 5.35. The predicted molar refractivity (Wildman–Crippen MR) is 79.9 cm³/mol. The largest absolute Gasteiger partial charge is 0.312 e. The number of nitrogens with one attached hydrogen (secondary N) is 1. The summed E-state index contributed by atoms with van der Waals surface area (Å²) in [7, 11) is 1.90. The Kier molecular flexibility index (Phi) is 4.24. The molecule has 3 aromatic rings. The van der Waals surface area contributed by atoms with E-state index in [0.29, 0.717) is 12.2 Å². The van der Waals surface area contributed by atoms with Crippen molar-refractivity contribution in [1.29, 1.82) is 0 Å². The van der Waals surface area contributed by atoms with Gasteiger partial charge in [0, 0.05) is 19.8 Å². The second kappa shape index (κ2) is 6.48. The van der Waals surface area contributed by atoms with Crippen LogP contribution >= 0.6 is 0 Å². The molecule has 0 aliphatic rings. The van der Waals surface area contributed by atoms with Gasteiger partial charge in [0.2, 0.25) is 0 Å². The predicted octanol–water partition coefficient (Wildman–Crippen LogP) is 1.47. The number of aryl methyl sites for hydroxylation is 1. The molecule has 0 unspecified atom stereocenters. The molecule has 0 atom stereocenters. The zero-order valence-corrected chi connectivity index (χ0v) is 12.3. The summed E-state index contributed by atoms with van der Waals surface area (Å²) in [5.74, 6) is -0.308. The van der Waals surface area contributed by atoms with Gasteiger partial charge in [0.1, 0.15) is 24.2 Å². The van der Waals surface area contributed by atoms with Crippen LogP contribution in [0.15, 0.2) is 43.2 Å². The fourth-order valence-electron chi connectivity index (χ4n) is 2.25. The minimum atomic E-state index is -0.308. The Morgan fingerprint density at radius 3 is 2.82 bits per heavy atom. The molecule has 1 N–H and O–H groups in total. The summed E-state index contributed by atoms with van der Waals surface area (Å²) in [6, 6.07) is 5.12. The van der Waals surface area contributed by atoms with Crippen molar-refractivity contribution in [2.75, 3.05) is 6.54 Å². The molecular weight excluding hydrogens is 283 g/mol. The molecule has 114 valence electrons. The van der Waals surface area contributed by atoms with Crippen LogP contribution in [0.4, 0.5) is 4.39 Å². The number of benzene rings is 1. The minimum absolute atomic E-state index is 0.308. The third-order valence-electron chi connectivity index (χ3n) is 3.36. The number of hydrogen-bond donors (Lipinski definition) is 1. The normalized spacial score (nSPS) is 11.0. The second-order valence-electron chi connectivity index (χ2n) is 5.07. The SMILES string of the molecule is Cn1cc(CCNCc2ccc(-n3cncn3)c(F)c2)cn1. The first-order chi connectivity index (χ1) is 10.7. The van der Waals surface area contributed by atoms with Gasteiger partial charge in [-0.3, -0.25) is 4.68 Å². The highest BCUT2D eigenvalue weighted by Crippen LogP contribution is 2.13. The Balaban J connectivity index is 1.54. The van der Waals surface area contributed by atoms with Crippen molar-refractivity contribution in [1.82, 2.24) is 29.9 Å².